The molecule has 1 atom stereocenters. The molecule has 0 spiro atoms. The van der Waals surface area contributed by atoms with Gasteiger partial charge in [0.1, 0.15) is 0 Å². The van der Waals surface area contributed by atoms with Crippen molar-refractivity contribution < 1.29 is 5.11 Å². The SMILES string of the molecule is Cc1cc(C)c(N2CC(C)(C)NCC2CO)c(C)c1. The molecule has 3 heteroatoms. The lowest BCUT2D eigenvalue weighted by Crippen LogP contribution is -2.63. The summed E-state index contributed by atoms with van der Waals surface area (Å²) in [6.45, 7) is 12.8. The predicted molar refractivity (Wildman–Crippen MR) is 81.0 cm³/mol. The Morgan fingerprint density at radius 2 is 1.84 bits per heavy atom. The molecule has 3 nitrogen and oxygen atoms in total. The molecule has 0 amide bonds. The number of nitrogens with one attached hydrogen (secondary N) is 1. The fourth-order valence-corrected chi connectivity index (χ4v) is 3.17. The molecular weight excluding hydrogens is 236 g/mol. The third kappa shape index (κ3) is 2.93. The van der Waals surface area contributed by atoms with Crippen molar-refractivity contribution in [2.24, 2.45) is 0 Å². The molecule has 1 heterocycles. The van der Waals surface area contributed by atoms with E-state index in [-0.39, 0.29) is 18.2 Å². The number of piperazine rings is 1. The van der Waals surface area contributed by atoms with Crippen molar-refractivity contribution in [1.29, 1.82) is 0 Å². The molecule has 1 aliphatic heterocycles. The Bertz CT molecular complexity index is 445. The fourth-order valence-electron chi connectivity index (χ4n) is 3.17. The normalized spacial score (nSPS) is 22.6. The molecule has 0 aliphatic carbocycles. The third-order valence-corrected chi connectivity index (χ3v) is 3.96. The van der Waals surface area contributed by atoms with E-state index < -0.39 is 0 Å². The van der Waals surface area contributed by atoms with Gasteiger partial charge in [0.05, 0.1) is 12.6 Å². The molecule has 0 radical (unpaired) electrons. The van der Waals surface area contributed by atoms with Crippen molar-refractivity contribution in [1.82, 2.24) is 5.32 Å². The van der Waals surface area contributed by atoms with Gasteiger partial charge in [-0.3, -0.25) is 0 Å². The molecule has 1 aromatic carbocycles. The van der Waals surface area contributed by atoms with Crippen LogP contribution in [0.2, 0.25) is 0 Å². The molecule has 1 aromatic rings. The van der Waals surface area contributed by atoms with Gasteiger partial charge in [-0.25, -0.2) is 0 Å². The van der Waals surface area contributed by atoms with Crippen LogP contribution in [-0.2, 0) is 0 Å². The van der Waals surface area contributed by atoms with Crippen LogP contribution in [0.25, 0.3) is 0 Å². The second-order valence-electron chi connectivity index (χ2n) is 6.48. The first-order valence-electron chi connectivity index (χ1n) is 7.04. The standard InChI is InChI=1S/C16H26N2O/c1-11-6-12(2)15(13(3)7-11)18-10-16(4,5)17-8-14(18)9-19/h6-7,14,17,19H,8-10H2,1-5H3. The maximum atomic E-state index is 9.65. The van der Waals surface area contributed by atoms with Gasteiger partial charge in [0.25, 0.3) is 0 Å². The van der Waals surface area contributed by atoms with Crippen molar-refractivity contribution in [3.05, 3.63) is 28.8 Å². The number of anilines is 1. The number of nitrogens with zero attached hydrogens (tertiary/aromatic N) is 1. The smallest absolute Gasteiger partial charge is 0.0647 e. The molecule has 1 aliphatic rings. The highest BCUT2D eigenvalue weighted by molar-refractivity contribution is 5.61. The van der Waals surface area contributed by atoms with Gasteiger partial charge in [-0.1, -0.05) is 17.7 Å². The lowest BCUT2D eigenvalue weighted by Gasteiger charge is -2.46. The van der Waals surface area contributed by atoms with E-state index in [4.69, 9.17) is 0 Å². The summed E-state index contributed by atoms with van der Waals surface area (Å²) in [5.41, 5.74) is 5.27. The number of hydrogen-bond acceptors (Lipinski definition) is 3. The zero-order chi connectivity index (χ0) is 14.2. The average molecular weight is 262 g/mol. The summed E-state index contributed by atoms with van der Waals surface area (Å²) in [5, 5.41) is 13.2. The highest BCUT2D eigenvalue weighted by Gasteiger charge is 2.33. The van der Waals surface area contributed by atoms with Crippen molar-refractivity contribution in [3.63, 3.8) is 0 Å². The second kappa shape index (κ2) is 5.14. The van der Waals surface area contributed by atoms with E-state index in [0.29, 0.717) is 0 Å². The zero-order valence-electron chi connectivity index (χ0n) is 12.7. The van der Waals surface area contributed by atoms with Crippen LogP contribution in [0, 0.1) is 20.8 Å². The molecule has 19 heavy (non-hydrogen) atoms. The van der Waals surface area contributed by atoms with Crippen LogP contribution in [0.4, 0.5) is 5.69 Å². The van der Waals surface area contributed by atoms with E-state index in [0.717, 1.165) is 13.1 Å². The van der Waals surface area contributed by atoms with E-state index >= 15 is 0 Å². The van der Waals surface area contributed by atoms with Gasteiger partial charge in [0.2, 0.25) is 0 Å². The number of aliphatic hydroxyl groups is 1. The Balaban J connectivity index is 2.42. The van der Waals surface area contributed by atoms with E-state index in [1.54, 1.807) is 0 Å². The number of rotatable bonds is 2. The number of benzene rings is 1. The summed E-state index contributed by atoms with van der Waals surface area (Å²) in [6, 6.07) is 4.62. The van der Waals surface area contributed by atoms with Crippen LogP contribution < -0.4 is 10.2 Å². The van der Waals surface area contributed by atoms with Gasteiger partial charge in [-0.15, -0.1) is 0 Å². The molecule has 1 saturated heterocycles. The van der Waals surface area contributed by atoms with Gasteiger partial charge in [-0.2, -0.15) is 0 Å². The lowest BCUT2D eigenvalue weighted by atomic mass is 9.95. The molecule has 1 unspecified atom stereocenters. The Labute approximate surface area is 116 Å². The minimum Gasteiger partial charge on any atom is -0.394 e. The Morgan fingerprint density at radius 1 is 1.26 bits per heavy atom. The molecule has 0 saturated carbocycles. The lowest BCUT2D eigenvalue weighted by molar-refractivity contribution is 0.214. The van der Waals surface area contributed by atoms with E-state index in [2.05, 4.69) is 57.0 Å². The topological polar surface area (TPSA) is 35.5 Å². The zero-order valence-corrected chi connectivity index (χ0v) is 12.7. The molecule has 106 valence electrons. The van der Waals surface area contributed by atoms with Crippen LogP contribution in [0.1, 0.15) is 30.5 Å². The summed E-state index contributed by atoms with van der Waals surface area (Å²) in [6.07, 6.45) is 0. The van der Waals surface area contributed by atoms with Crippen LogP contribution in [0.5, 0.6) is 0 Å². The van der Waals surface area contributed by atoms with Crippen LogP contribution >= 0.6 is 0 Å². The Kier molecular flexibility index (Phi) is 3.88. The second-order valence-corrected chi connectivity index (χ2v) is 6.48. The minimum atomic E-state index is 0.0788. The largest absolute Gasteiger partial charge is 0.394 e. The van der Waals surface area contributed by atoms with Gasteiger partial charge in [0, 0.05) is 24.3 Å². The van der Waals surface area contributed by atoms with Crippen LogP contribution in [0.3, 0.4) is 0 Å². The minimum absolute atomic E-state index is 0.0788. The first-order chi connectivity index (χ1) is 8.84. The van der Waals surface area contributed by atoms with Crippen molar-refractivity contribution >= 4 is 5.69 Å². The third-order valence-electron chi connectivity index (χ3n) is 3.96. The highest BCUT2D eigenvalue weighted by atomic mass is 16.3. The molecule has 2 N–H and O–H groups in total. The van der Waals surface area contributed by atoms with Gasteiger partial charge >= 0.3 is 0 Å². The molecule has 1 fully saturated rings. The van der Waals surface area contributed by atoms with Crippen molar-refractivity contribution in [3.8, 4) is 0 Å². The Hall–Kier alpha value is -1.06. The number of hydrogen-bond donors (Lipinski definition) is 2. The maximum Gasteiger partial charge on any atom is 0.0647 e. The molecular formula is C16H26N2O. The van der Waals surface area contributed by atoms with E-state index in [1.165, 1.54) is 22.4 Å². The van der Waals surface area contributed by atoms with Gasteiger partial charge < -0.3 is 15.3 Å². The summed E-state index contributed by atoms with van der Waals surface area (Å²) in [7, 11) is 0. The number of aliphatic hydroxyl groups excluding tert-OH is 1. The summed E-state index contributed by atoms with van der Waals surface area (Å²) in [4.78, 5) is 2.38. The Morgan fingerprint density at radius 3 is 2.37 bits per heavy atom. The monoisotopic (exact) mass is 262 g/mol. The average Bonchev–Trinajstić information content (AvgIpc) is 2.26. The maximum absolute atomic E-state index is 9.65. The highest BCUT2D eigenvalue weighted by Crippen LogP contribution is 2.30. The van der Waals surface area contributed by atoms with Crippen LogP contribution in [0.15, 0.2) is 12.1 Å². The molecule has 0 aromatic heterocycles. The molecule has 0 bridgehead atoms. The van der Waals surface area contributed by atoms with Crippen LogP contribution in [-0.4, -0.2) is 36.4 Å². The van der Waals surface area contributed by atoms with Crippen molar-refractivity contribution in [2.75, 3.05) is 24.6 Å². The summed E-state index contributed by atoms with van der Waals surface area (Å²) < 4.78 is 0. The fraction of sp³-hybridized carbons (Fsp3) is 0.625. The van der Waals surface area contributed by atoms with Crippen molar-refractivity contribution in [2.45, 2.75) is 46.2 Å². The number of aryl methyl sites for hydroxylation is 3. The molecule has 2 rings (SSSR count). The van der Waals surface area contributed by atoms with Gasteiger partial charge in [0.15, 0.2) is 0 Å². The quantitative estimate of drug-likeness (QED) is 0.857. The van der Waals surface area contributed by atoms with E-state index in [9.17, 15) is 5.11 Å². The summed E-state index contributed by atoms with van der Waals surface area (Å²) in [5.74, 6) is 0. The first-order valence-corrected chi connectivity index (χ1v) is 7.04. The van der Waals surface area contributed by atoms with E-state index in [1.807, 2.05) is 0 Å². The first kappa shape index (κ1) is 14.4. The predicted octanol–water partition coefficient (Wildman–Crippen LogP) is 2.16. The van der Waals surface area contributed by atoms with Gasteiger partial charge in [-0.05, 0) is 45.7 Å². The summed E-state index contributed by atoms with van der Waals surface area (Å²) >= 11 is 0.